The van der Waals surface area contributed by atoms with Crippen LogP contribution >= 0.6 is 23.2 Å². The van der Waals surface area contributed by atoms with Gasteiger partial charge in [0.25, 0.3) is 5.91 Å². The molecule has 1 saturated carbocycles. The molecule has 0 unspecified atom stereocenters. The SMILES string of the molecule is CNCCCc1cc(Cl)c(Oc2ccncc2C(=O)N2CCN(C3CC3)c3ccccc32)cc1Cl. The molecule has 0 saturated heterocycles. The van der Waals surface area contributed by atoms with Crippen LogP contribution in [0.25, 0.3) is 0 Å². The van der Waals surface area contributed by atoms with Crippen LogP contribution in [0.2, 0.25) is 10.0 Å². The van der Waals surface area contributed by atoms with E-state index in [9.17, 15) is 4.79 Å². The predicted octanol–water partition coefficient (Wildman–Crippen LogP) is 5.96. The first kappa shape index (κ1) is 23.9. The molecule has 6 nitrogen and oxygen atoms in total. The van der Waals surface area contributed by atoms with Crippen LogP contribution in [0.3, 0.4) is 0 Å². The number of nitrogens with one attached hydrogen (secondary N) is 1. The van der Waals surface area contributed by atoms with Crippen molar-refractivity contribution in [2.24, 2.45) is 0 Å². The number of hydrogen-bond acceptors (Lipinski definition) is 5. The quantitative estimate of drug-likeness (QED) is 0.378. The molecule has 1 N–H and O–H groups in total. The van der Waals surface area contributed by atoms with Gasteiger partial charge in [-0.1, -0.05) is 35.3 Å². The van der Waals surface area contributed by atoms with Gasteiger partial charge in [0.15, 0.2) is 0 Å². The Morgan fingerprint density at radius 2 is 1.89 bits per heavy atom. The van der Waals surface area contributed by atoms with E-state index >= 15 is 0 Å². The third kappa shape index (κ3) is 5.10. The molecule has 1 aromatic heterocycles. The lowest BCUT2D eigenvalue weighted by molar-refractivity contribution is 0.0984. The number of halogens is 2. The minimum Gasteiger partial charge on any atom is -0.455 e. The van der Waals surface area contributed by atoms with Crippen molar-refractivity contribution in [3.63, 3.8) is 0 Å². The van der Waals surface area contributed by atoms with Crippen molar-refractivity contribution in [3.8, 4) is 11.5 Å². The third-order valence-corrected chi connectivity index (χ3v) is 7.13. The summed E-state index contributed by atoms with van der Waals surface area (Å²) < 4.78 is 6.14. The van der Waals surface area contributed by atoms with Crippen molar-refractivity contribution in [3.05, 3.63) is 76.0 Å². The molecule has 8 heteroatoms. The number of carbonyl (C=O) groups is 1. The molecule has 2 aromatic carbocycles. The van der Waals surface area contributed by atoms with Crippen LogP contribution in [0.5, 0.6) is 11.5 Å². The number of pyridine rings is 1. The average Bonchev–Trinajstić information content (AvgIpc) is 3.72. The molecule has 2 aliphatic rings. The number of hydrogen-bond donors (Lipinski definition) is 1. The highest BCUT2D eigenvalue weighted by molar-refractivity contribution is 6.34. The molecule has 1 aliphatic carbocycles. The number of fused-ring (bicyclic) bond motifs is 1. The maximum Gasteiger partial charge on any atom is 0.263 e. The standard InChI is InChI=1S/C27H28Cl2N4O2/c1-30-11-4-5-18-15-22(29)26(16-21(18)28)35-25-10-12-31-17-20(25)27(34)33-14-13-32(19-8-9-19)23-6-2-3-7-24(23)33/h2-3,6-7,10,12,15-17,19,30H,4-5,8-9,11,13-14H2,1H3. The fourth-order valence-electron chi connectivity index (χ4n) is 4.55. The van der Waals surface area contributed by atoms with Crippen LogP contribution in [0, 0.1) is 0 Å². The van der Waals surface area contributed by atoms with Gasteiger partial charge >= 0.3 is 0 Å². The molecule has 1 fully saturated rings. The fourth-order valence-corrected chi connectivity index (χ4v) is 5.02. The number of rotatable bonds is 8. The van der Waals surface area contributed by atoms with Gasteiger partial charge in [-0.05, 0) is 69.1 Å². The lowest BCUT2D eigenvalue weighted by Gasteiger charge is -2.38. The second-order valence-electron chi connectivity index (χ2n) is 8.93. The lowest BCUT2D eigenvalue weighted by Crippen LogP contribution is -2.45. The number of carbonyl (C=O) groups excluding carboxylic acids is 1. The van der Waals surface area contributed by atoms with E-state index in [1.165, 1.54) is 12.8 Å². The Hall–Kier alpha value is -2.80. The van der Waals surface area contributed by atoms with Crippen LogP contribution in [0.15, 0.2) is 54.9 Å². The van der Waals surface area contributed by atoms with Gasteiger partial charge in [0, 0.05) is 42.6 Å². The second-order valence-corrected chi connectivity index (χ2v) is 9.74. The Morgan fingerprint density at radius 3 is 2.66 bits per heavy atom. The van der Waals surface area contributed by atoms with Crippen molar-refractivity contribution in [1.29, 1.82) is 0 Å². The molecule has 35 heavy (non-hydrogen) atoms. The van der Waals surface area contributed by atoms with Gasteiger partial charge in [-0.15, -0.1) is 0 Å². The van der Waals surface area contributed by atoms with Gasteiger partial charge < -0.3 is 19.9 Å². The number of aromatic nitrogens is 1. The minimum absolute atomic E-state index is 0.151. The Labute approximate surface area is 215 Å². The summed E-state index contributed by atoms with van der Waals surface area (Å²) in [7, 11) is 1.92. The van der Waals surface area contributed by atoms with Crippen molar-refractivity contribution in [2.45, 2.75) is 31.7 Å². The van der Waals surface area contributed by atoms with E-state index in [-0.39, 0.29) is 5.91 Å². The normalized spacial score (nSPS) is 15.2. The highest BCUT2D eigenvalue weighted by Gasteiger charge is 2.36. The maximum absolute atomic E-state index is 13.7. The summed E-state index contributed by atoms with van der Waals surface area (Å²) in [4.78, 5) is 22.2. The molecule has 1 amide bonds. The number of aryl methyl sites for hydroxylation is 1. The zero-order valence-corrected chi connectivity index (χ0v) is 21.1. The molecule has 0 bridgehead atoms. The Bertz CT molecular complexity index is 1230. The van der Waals surface area contributed by atoms with Crippen molar-refractivity contribution < 1.29 is 9.53 Å². The number of benzene rings is 2. The first-order valence-corrected chi connectivity index (χ1v) is 12.7. The van der Waals surface area contributed by atoms with Gasteiger partial charge in [-0.3, -0.25) is 9.78 Å². The van der Waals surface area contributed by atoms with Crippen LogP contribution in [-0.4, -0.2) is 43.6 Å². The van der Waals surface area contributed by atoms with E-state index in [2.05, 4.69) is 21.3 Å². The first-order valence-electron chi connectivity index (χ1n) is 12.0. The zero-order chi connectivity index (χ0) is 24.4. The van der Waals surface area contributed by atoms with Crippen LogP contribution in [0.1, 0.15) is 35.2 Å². The van der Waals surface area contributed by atoms with E-state index < -0.39 is 0 Å². The largest absolute Gasteiger partial charge is 0.455 e. The van der Waals surface area contributed by atoms with Crippen molar-refractivity contribution in [1.82, 2.24) is 10.3 Å². The average molecular weight is 511 g/mol. The molecule has 2 heterocycles. The van der Waals surface area contributed by atoms with E-state index in [0.717, 1.165) is 42.9 Å². The lowest BCUT2D eigenvalue weighted by atomic mass is 10.1. The van der Waals surface area contributed by atoms with Crippen molar-refractivity contribution >= 4 is 40.5 Å². The van der Waals surface area contributed by atoms with Gasteiger partial charge in [-0.2, -0.15) is 0 Å². The van der Waals surface area contributed by atoms with Gasteiger partial charge in [-0.25, -0.2) is 0 Å². The minimum atomic E-state index is -0.151. The summed E-state index contributed by atoms with van der Waals surface area (Å²) >= 11 is 13.1. The third-order valence-electron chi connectivity index (χ3n) is 6.48. The molecule has 182 valence electrons. The number of nitrogens with zero attached hydrogens (tertiary/aromatic N) is 3. The molecule has 3 aromatic rings. The van der Waals surface area contributed by atoms with Gasteiger partial charge in [0.1, 0.15) is 17.1 Å². The highest BCUT2D eigenvalue weighted by atomic mass is 35.5. The second kappa shape index (κ2) is 10.4. The molecular formula is C27H28Cl2N4O2. The molecule has 5 rings (SSSR count). The van der Waals surface area contributed by atoms with E-state index in [1.807, 2.05) is 36.2 Å². The predicted molar refractivity (Wildman–Crippen MR) is 142 cm³/mol. The van der Waals surface area contributed by atoms with Gasteiger partial charge in [0.2, 0.25) is 0 Å². The van der Waals surface area contributed by atoms with Crippen LogP contribution < -0.4 is 19.9 Å². The topological polar surface area (TPSA) is 57.7 Å². The number of amides is 1. The highest BCUT2D eigenvalue weighted by Crippen LogP contribution is 2.41. The first-order chi connectivity index (χ1) is 17.1. The Kier molecular flexibility index (Phi) is 7.14. The smallest absolute Gasteiger partial charge is 0.263 e. The zero-order valence-electron chi connectivity index (χ0n) is 19.6. The summed E-state index contributed by atoms with van der Waals surface area (Å²) in [6.07, 6.45) is 7.33. The maximum atomic E-state index is 13.7. The van der Waals surface area contributed by atoms with Crippen LogP contribution in [0.4, 0.5) is 11.4 Å². The van der Waals surface area contributed by atoms with Crippen molar-refractivity contribution in [2.75, 3.05) is 36.5 Å². The number of ether oxygens (including phenoxy) is 1. The molecular weight excluding hydrogens is 483 g/mol. The summed E-state index contributed by atoms with van der Waals surface area (Å²) in [5.41, 5.74) is 3.37. The Morgan fingerprint density at radius 1 is 1.09 bits per heavy atom. The van der Waals surface area contributed by atoms with Crippen LogP contribution in [-0.2, 0) is 6.42 Å². The summed E-state index contributed by atoms with van der Waals surface area (Å²) in [5.74, 6) is 0.656. The molecule has 1 aliphatic heterocycles. The molecule has 0 spiro atoms. The fraction of sp³-hybridized carbons (Fsp3) is 0.333. The van der Waals surface area contributed by atoms with Gasteiger partial charge in [0.05, 0.1) is 16.4 Å². The molecule has 0 radical (unpaired) electrons. The van der Waals surface area contributed by atoms with E-state index in [4.69, 9.17) is 27.9 Å². The van der Waals surface area contributed by atoms with E-state index in [1.54, 1.807) is 24.5 Å². The number of para-hydroxylation sites is 2. The summed E-state index contributed by atoms with van der Waals surface area (Å²) in [6.45, 7) is 2.31. The van der Waals surface area contributed by atoms with E-state index in [0.29, 0.717) is 39.7 Å². The Balaban J connectivity index is 1.41. The number of anilines is 2. The molecule has 0 atom stereocenters. The summed E-state index contributed by atoms with van der Waals surface area (Å²) in [5, 5.41) is 4.17. The summed E-state index contributed by atoms with van der Waals surface area (Å²) in [6, 6.07) is 13.9. The monoisotopic (exact) mass is 510 g/mol.